The standard InChI is InChI=1S/C66H39NOS4/c1-2-8-50-49(7-1)61-53-37-47(39-13-21-43(22-14-39)57-9-3-31-69-57)35-51(41-17-25-45(26-18-41)59-11-5-33-71-59)65(53)67-55-29-30-56-64(63(55)61)62(50)54-38-48(40-15-23-44(24-16-40)58-10-4-32-70-58)36-52(66(54)68-56)42-19-27-46(28-20-42)60-12-6-34-72-60/h1-38,67H. The number of ether oxygens (including phenoxy) is 1. The molecule has 2 nitrogen and oxygen atoms in total. The van der Waals surface area contributed by atoms with Gasteiger partial charge in [0.2, 0.25) is 0 Å². The fourth-order valence-corrected chi connectivity index (χ4v) is 13.9. The van der Waals surface area contributed by atoms with Crippen molar-refractivity contribution in [2.75, 3.05) is 5.32 Å². The molecular weight excluding hydrogens is 951 g/mol. The highest BCUT2D eigenvalue weighted by Gasteiger charge is 2.33. The van der Waals surface area contributed by atoms with Crippen molar-refractivity contribution < 1.29 is 4.74 Å². The van der Waals surface area contributed by atoms with Crippen molar-refractivity contribution in [2.24, 2.45) is 0 Å². The summed E-state index contributed by atoms with van der Waals surface area (Å²) in [6, 6.07) is 76.4. The van der Waals surface area contributed by atoms with E-state index in [1.54, 1.807) is 45.3 Å². The molecule has 0 aliphatic carbocycles. The smallest absolute Gasteiger partial charge is 0.143 e. The van der Waals surface area contributed by atoms with Crippen LogP contribution in [0.2, 0.25) is 0 Å². The van der Waals surface area contributed by atoms with E-state index in [0.29, 0.717) is 0 Å². The van der Waals surface area contributed by atoms with Crippen molar-refractivity contribution in [3.63, 3.8) is 0 Å². The van der Waals surface area contributed by atoms with Crippen LogP contribution in [0.4, 0.5) is 11.4 Å². The molecule has 6 heterocycles. The van der Waals surface area contributed by atoms with Gasteiger partial charge in [0.05, 0.1) is 5.69 Å². The molecule has 6 heteroatoms. The third-order valence-electron chi connectivity index (χ3n) is 14.4. The fraction of sp³-hybridized carbons (Fsp3) is 0. The Morgan fingerprint density at radius 2 is 0.708 bits per heavy atom. The van der Waals surface area contributed by atoms with Gasteiger partial charge in [0.1, 0.15) is 11.5 Å². The molecule has 0 atom stereocenters. The number of rotatable bonds is 8. The van der Waals surface area contributed by atoms with Crippen LogP contribution in [-0.4, -0.2) is 0 Å². The zero-order valence-corrected chi connectivity index (χ0v) is 41.7. The second kappa shape index (κ2) is 16.8. The maximum atomic E-state index is 7.36. The van der Waals surface area contributed by atoms with Gasteiger partial charge in [0.25, 0.3) is 0 Å². The lowest BCUT2D eigenvalue weighted by Gasteiger charge is -2.32. The molecule has 9 aromatic carbocycles. The average Bonchev–Trinajstić information content (AvgIpc) is 4.32. The van der Waals surface area contributed by atoms with Crippen molar-refractivity contribution in [3.8, 4) is 120 Å². The first-order chi connectivity index (χ1) is 35.7. The van der Waals surface area contributed by atoms with Crippen LogP contribution in [0.5, 0.6) is 11.5 Å². The highest BCUT2D eigenvalue weighted by atomic mass is 32.1. The minimum atomic E-state index is 0.864. The van der Waals surface area contributed by atoms with E-state index in [-0.39, 0.29) is 0 Å². The molecule has 2 aliphatic rings. The Kier molecular flexibility index (Phi) is 9.70. The van der Waals surface area contributed by atoms with E-state index in [4.69, 9.17) is 4.74 Å². The minimum absolute atomic E-state index is 0.864. The van der Waals surface area contributed by atoms with E-state index in [0.717, 1.165) is 61.6 Å². The molecule has 13 aromatic rings. The monoisotopic (exact) mass is 989 g/mol. The maximum Gasteiger partial charge on any atom is 0.143 e. The van der Waals surface area contributed by atoms with E-state index in [2.05, 4.69) is 233 Å². The molecule has 1 N–H and O–H groups in total. The summed E-state index contributed by atoms with van der Waals surface area (Å²) in [5.41, 5.74) is 20.9. The molecular formula is C66H39NOS4. The zero-order valence-electron chi connectivity index (χ0n) is 38.5. The summed E-state index contributed by atoms with van der Waals surface area (Å²) in [5, 5.41) is 17.4. The number of hydrogen-bond donors (Lipinski definition) is 1. The quantitative estimate of drug-likeness (QED) is 0.153. The van der Waals surface area contributed by atoms with E-state index in [1.807, 2.05) is 0 Å². The summed E-state index contributed by atoms with van der Waals surface area (Å²) in [7, 11) is 0. The lowest BCUT2D eigenvalue weighted by Crippen LogP contribution is -2.08. The summed E-state index contributed by atoms with van der Waals surface area (Å²) >= 11 is 7.08. The molecule has 0 radical (unpaired) electrons. The van der Waals surface area contributed by atoms with Crippen molar-refractivity contribution in [1.82, 2.24) is 0 Å². The van der Waals surface area contributed by atoms with Gasteiger partial charge < -0.3 is 10.1 Å². The fourth-order valence-electron chi connectivity index (χ4n) is 11.0. The highest BCUT2D eigenvalue weighted by molar-refractivity contribution is 7.14. The SMILES string of the molecule is c1csc(-c2ccc(-c3cc(-c4ccc(-c5cccs5)cc4)c4c(c3)-c3c5ccccc5c5c6c(ccc(c36)N4)Oc3c(-c4ccc(-c6cccs6)cc4)cc(-c4ccc(-c6cccs6)cc4)cc3-5)cc2)c1. The van der Waals surface area contributed by atoms with Crippen LogP contribution in [0.15, 0.2) is 228 Å². The number of anilines is 2. The van der Waals surface area contributed by atoms with Crippen molar-refractivity contribution in [1.29, 1.82) is 0 Å². The van der Waals surface area contributed by atoms with Crippen LogP contribution >= 0.6 is 45.3 Å². The lowest BCUT2D eigenvalue weighted by molar-refractivity contribution is 0.489. The summed E-state index contributed by atoms with van der Waals surface area (Å²) in [6.45, 7) is 0. The molecule has 0 saturated carbocycles. The highest BCUT2D eigenvalue weighted by Crippen LogP contribution is 2.60. The zero-order chi connectivity index (χ0) is 47.3. The van der Waals surface area contributed by atoms with Crippen molar-refractivity contribution in [2.45, 2.75) is 0 Å². The lowest BCUT2D eigenvalue weighted by atomic mass is 9.79. The third-order valence-corrected chi connectivity index (χ3v) is 18.1. The molecule has 0 fully saturated rings. The van der Waals surface area contributed by atoms with Crippen molar-refractivity contribution >= 4 is 78.3 Å². The maximum absolute atomic E-state index is 7.36. The van der Waals surface area contributed by atoms with Crippen LogP contribution in [0.3, 0.4) is 0 Å². The van der Waals surface area contributed by atoms with Gasteiger partial charge in [-0.25, -0.2) is 0 Å². The van der Waals surface area contributed by atoms with Gasteiger partial charge in [0.15, 0.2) is 0 Å². The Morgan fingerprint density at radius 1 is 0.306 bits per heavy atom. The molecule has 2 aliphatic heterocycles. The Bertz CT molecular complexity index is 3920. The summed E-state index contributed by atoms with van der Waals surface area (Å²) < 4.78 is 7.36. The Hall–Kier alpha value is -8.10. The molecule has 0 spiro atoms. The second-order valence-electron chi connectivity index (χ2n) is 18.4. The predicted octanol–water partition coefficient (Wildman–Crippen LogP) is 21.1. The van der Waals surface area contributed by atoms with Gasteiger partial charge in [-0.3, -0.25) is 0 Å². The van der Waals surface area contributed by atoms with Gasteiger partial charge in [-0.05, 0) is 149 Å². The summed E-state index contributed by atoms with van der Waals surface area (Å²) in [4.78, 5) is 5.06. The van der Waals surface area contributed by atoms with Gasteiger partial charge in [-0.2, -0.15) is 0 Å². The Balaban J connectivity index is 0.965. The molecule has 0 amide bonds. The van der Waals surface area contributed by atoms with Gasteiger partial charge in [-0.1, -0.05) is 146 Å². The molecule has 15 rings (SSSR count). The molecule has 0 bridgehead atoms. The first kappa shape index (κ1) is 41.7. The number of thiophene rings is 4. The van der Waals surface area contributed by atoms with Crippen LogP contribution < -0.4 is 10.1 Å². The molecule has 338 valence electrons. The first-order valence-corrected chi connectivity index (χ1v) is 27.6. The van der Waals surface area contributed by atoms with E-state index in [1.165, 1.54) is 91.3 Å². The van der Waals surface area contributed by atoms with E-state index >= 15 is 0 Å². The Labute approximate surface area is 433 Å². The molecule has 0 unspecified atom stereocenters. The first-order valence-electron chi connectivity index (χ1n) is 24.1. The van der Waals surface area contributed by atoms with E-state index < -0.39 is 0 Å². The normalized spacial score (nSPS) is 12.1. The molecule has 0 saturated heterocycles. The summed E-state index contributed by atoms with van der Waals surface area (Å²) in [5.74, 6) is 1.74. The molecule has 4 aromatic heterocycles. The van der Waals surface area contributed by atoms with Gasteiger partial charge in [-0.15, -0.1) is 45.3 Å². The van der Waals surface area contributed by atoms with Gasteiger partial charge >= 0.3 is 0 Å². The van der Waals surface area contributed by atoms with Crippen LogP contribution in [0, 0.1) is 0 Å². The van der Waals surface area contributed by atoms with Crippen LogP contribution in [-0.2, 0) is 0 Å². The number of nitrogens with one attached hydrogen (secondary N) is 1. The third kappa shape index (κ3) is 6.79. The Morgan fingerprint density at radius 3 is 1.18 bits per heavy atom. The van der Waals surface area contributed by atoms with Crippen LogP contribution in [0.25, 0.3) is 130 Å². The van der Waals surface area contributed by atoms with E-state index in [9.17, 15) is 0 Å². The average molecular weight is 990 g/mol. The predicted molar refractivity (Wildman–Crippen MR) is 311 cm³/mol. The number of benzene rings is 9. The van der Waals surface area contributed by atoms with Crippen molar-refractivity contribution in [3.05, 3.63) is 228 Å². The second-order valence-corrected chi connectivity index (χ2v) is 22.2. The largest absolute Gasteiger partial charge is 0.455 e. The number of hydrogen-bond acceptors (Lipinski definition) is 6. The van der Waals surface area contributed by atoms with Crippen LogP contribution in [0.1, 0.15) is 0 Å². The molecule has 72 heavy (non-hydrogen) atoms. The summed E-state index contributed by atoms with van der Waals surface area (Å²) in [6.07, 6.45) is 0. The van der Waals surface area contributed by atoms with Gasteiger partial charge in [0, 0.05) is 69.3 Å². The minimum Gasteiger partial charge on any atom is -0.455 e. The topological polar surface area (TPSA) is 21.3 Å². The number of fused-ring (bicyclic) bond motifs is 7.